The highest BCUT2D eigenvalue weighted by molar-refractivity contribution is 7.89. The topological polar surface area (TPSA) is 102 Å². The molecule has 0 spiro atoms. The van der Waals surface area contributed by atoms with Crippen molar-refractivity contribution in [3.05, 3.63) is 95.6 Å². The number of benzene rings is 3. The van der Waals surface area contributed by atoms with Gasteiger partial charge in [-0.15, -0.1) is 0 Å². The Hall–Kier alpha value is -3.49. The summed E-state index contributed by atoms with van der Waals surface area (Å²) >= 11 is 0. The van der Waals surface area contributed by atoms with Crippen molar-refractivity contribution in [1.82, 2.24) is 10.0 Å². The molecule has 0 aromatic heterocycles. The standard InChI is InChI=1S/C26H28N2O5S/c1-3-33-23-14-12-21(13-15-23)26(20-8-5-4-6-9-20)28-25(30)16-17-27-34(31,32)24-11-7-10-22(18-24)19(2)29/h4-15,18,26-27H,3,16-17H2,1-2H3,(H,28,30). The maximum absolute atomic E-state index is 12.7. The molecule has 3 aromatic carbocycles. The quantitative estimate of drug-likeness (QED) is 0.406. The number of rotatable bonds is 11. The van der Waals surface area contributed by atoms with Crippen molar-refractivity contribution in [1.29, 1.82) is 0 Å². The molecule has 34 heavy (non-hydrogen) atoms. The van der Waals surface area contributed by atoms with E-state index >= 15 is 0 Å². The minimum Gasteiger partial charge on any atom is -0.494 e. The van der Waals surface area contributed by atoms with E-state index in [1.165, 1.54) is 25.1 Å². The number of sulfonamides is 1. The van der Waals surface area contributed by atoms with Crippen molar-refractivity contribution in [2.24, 2.45) is 0 Å². The summed E-state index contributed by atoms with van der Waals surface area (Å²) in [6, 6.07) is 22.4. The Balaban J connectivity index is 1.66. The van der Waals surface area contributed by atoms with E-state index in [0.717, 1.165) is 16.9 Å². The SMILES string of the molecule is CCOc1ccc(C(NC(=O)CCNS(=O)(=O)c2cccc(C(C)=O)c2)c2ccccc2)cc1. The second kappa shape index (κ2) is 11.6. The predicted octanol–water partition coefficient (Wildman–Crippen LogP) is 3.86. The summed E-state index contributed by atoms with van der Waals surface area (Å²) in [4.78, 5) is 24.2. The lowest BCUT2D eigenvalue weighted by atomic mass is 9.98. The molecule has 7 nitrogen and oxygen atoms in total. The predicted molar refractivity (Wildman–Crippen MR) is 130 cm³/mol. The van der Waals surface area contributed by atoms with Crippen LogP contribution in [0.5, 0.6) is 5.75 Å². The van der Waals surface area contributed by atoms with E-state index in [4.69, 9.17) is 4.74 Å². The Bertz CT molecular complexity index is 1230. The Kier molecular flexibility index (Phi) is 8.56. The van der Waals surface area contributed by atoms with Crippen LogP contribution in [0.3, 0.4) is 0 Å². The summed E-state index contributed by atoms with van der Waals surface area (Å²) in [7, 11) is -3.85. The lowest BCUT2D eigenvalue weighted by Crippen LogP contribution is -2.33. The maximum Gasteiger partial charge on any atom is 0.240 e. The molecule has 0 heterocycles. The Morgan fingerprint density at radius 2 is 1.59 bits per heavy atom. The molecule has 0 saturated carbocycles. The molecular weight excluding hydrogens is 452 g/mol. The second-order valence-corrected chi connectivity index (χ2v) is 9.41. The van der Waals surface area contributed by atoms with Crippen LogP contribution in [0.2, 0.25) is 0 Å². The van der Waals surface area contributed by atoms with E-state index in [-0.39, 0.29) is 29.6 Å². The molecule has 0 radical (unpaired) electrons. The third kappa shape index (κ3) is 6.76. The van der Waals surface area contributed by atoms with Crippen LogP contribution < -0.4 is 14.8 Å². The summed E-state index contributed by atoms with van der Waals surface area (Å²) in [6.45, 7) is 3.77. The molecule has 3 rings (SSSR count). The largest absolute Gasteiger partial charge is 0.494 e. The zero-order chi connectivity index (χ0) is 24.6. The van der Waals surface area contributed by atoms with Gasteiger partial charge in [0.25, 0.3) is 0 Å². The van der Waals surface area contributed by atoms with Gasteiger partial charge in [0.2, 0.25) is 15.9 Å². The lowest BCUT2D eigenvalue weighted by molar-refractivity contribution is -0.121. The number of Topliss-reactive ketones (excluding diaryl/α,β-unsaturated/α-hetero) is 1. The van der Waals surface area contributed by atoms with Gasteiger partial charge in [-0.3, -0.25) is 9.59 Å². The second-order valence-electron chi connectivity index (χ2n) is 7.65. The summed E-state index contributed by atoms with van der Waals surface area (Å²) < 4.78 is 33.1. The number of nitrogens with one attached hydrogen (secondary N) is 2. The summed E-state index contributed by atoms with van der Waals surface area (Å²) in [5.74, 6) is 0.216. The molecule has 0 bridgehead atoms. The molecule has 0 aliphatic heterocycles. The van der Waals surface area contributed by atoms with Gasteiger partial charge in [0.1, 0.15) is 5.75 Å². The zero-order valence-corrected chi connectivity index (χ0v) is 20.0. The average Bonchev–Trinajstić information content (AvgIpc) is 2.84. The van der Waals surface area contributed by atoms with E-state index in [0.29, 0.717) is 12.2 Å². The van der Waals surface area contributed by atoms with Crippen LogP contribution in [-0.4, -0.2) is 33.3 Å². The highest BCUT2D eigenvalue weighted by Crippen LogP contribution is 2.24. The lowest BCUT2D eigenvalue weighted by Gasteiger charge is -2.20. The number of hydrogen-bond donors (Lipinski definition) is 2. The van der Waals surface area contributed by atoms with Crippen molar-refractivity contribution < 1.29 is 22.7 Å². The van der Waals surface area contributed by atoms with Crippen LogP contribution in [0.1, 0.15) is 47.8 Å². The Morgan fingerprint density at radius 3 is 2.24 bits per heavy atom. The van der Waals surface area contributed by atoms with E-state index in [2.05, 4.69) is 10.0 Å². The number of ether oxygens (including phenoxy) is 1. The molecule has 178 valence electrons. The maximum atomic E-state index is 12.7. The smallest absolute Gasteiger partial charge is 0.240 e. The molecule has 0 fully saturated rings. The first-order valence-corrected chi connectivity index (χ1v) is 12.5. The fourth-order valence-electron chi connectivity index (χ4n) is 3.43. The van der Waals surface area contributed by atoms with Crippen molar-refractivity contribution >= 4 is 21.7 Å². The molecule has 1 amide bonds. The van der Waals surface area contributed by atoms with Crippen LogP contribution in [0.4, 0.5) is 0 Å². The third-order valence-electron chi connectivity index (χ3n) is 5.16. The number of ketones is 1. The first-order chi connectivity index (χ1) is 16.3. The van der Waals surface area contributed by atoms with E-state index < -0.39 is 16.1 Å². The van der Waals surface area contributed by atoms with Gasteiger partial charge in [-0.25, -0.2) is 13.1 Å². The molecule has 1 unspecified atom stereocenters. The monoisotopic (exact) mass is 480 g/mol. The van der Waals surface area contributed by atoms with Crippen molar-refractivity contribution in [2.45, 2.75) is 31.2 Å². The molecule has 8 heteroatoms. The molecule has 0 aliphatic carbocycles. The van der Waals surface area contributed by atoms with Gasteiger partial charge >= 0.3 is 0 Å². The molecule has 0 aliphatic rings. The summed E-state index contributed by atoms with van der Waals surface area (Å²) in [5.41, 5.74) is 2.09. The highest BCUT2D eigenvalue weighted by atomic mass is 32.2. The highest BCUT2D eigenvalue weighted by Gasteiger charge is 2.19. The van der Waals surface area contributed by atoms with Gasteiger partial charge in [-0.05, 0) is 49.2 Å². The minimum atomic E-state index is -3.85. The van der Waals surface area contributed by atoms with Crippen LogP contribution >= 0.6 is 0 Å². The number of hydrogen-bond acceptors (Lipinski definition) is 5. The van der Waals surface area contributed by atoms with Gasteiger partial charge < -0.3 is 10.1 Å². The summed E-state index contributed by atoms with van der Waals surface area (Å²) in [5, 5.41) is 2.99. The van der Waals surface area contributed by atoms with Crippen molar-refractivity contribution in [3.8, 4) is 5.75 Å². The number of amides is 1. The van der Waals surface area contributed by atoms with Gasteiger partial charge in [-0.2, -0.15) is 0 Å². The van der Waals surface area contributed by atoms with Crippen LogP contribution in [-0.2, 0) is 14.8 Å². The summed E-state index contributed by atoms with van der Waals surface area (Å²) in [6.07, 6.45) is -0.0496. The Morgan fingerprint density at radius 1 is 0.912 bits per heavy atom. The first kappa shape index (κ1) is 25.1. The normalized spacial score (nSPS) is 12.1. The number of carbonyl (C=O) groups excluding carboxylic acids is 2. The van der Waals surface area contributed by atoms with Gasteiger partial charge in [0.15, 0.2) is 5.78 Å². The van der Waals surface area contributed by atoms with E-state index in [1.807, 2.05) is 61.5 Å². The molecular formula is C26H28N2O5S. The Labute approximate surface area is 200 Å². The molecule has 3 aromatic rings. The van der Waals surface area contributed by atoms with Crippen LogP contribution in [0.15, 0.2) is 83.8 Å². The molecule has 0 saturated heterocycles. The van der Waals surface area contributed by atoms with Crippen LogP contribution in [0.25, 0.3) is 0 Å². The molecule has 2 N–H and O–H groups in total. The average molecular weight is 481 g/mol. The fraction of sp³-hybridized carbons (Fsp3) is 0.231. The van der Waals surface area contributed by atoms with Gasteiger partial charge in [-0.1, -0.05) is 54.6 Å². The first-order valence-electron chi connectivity index (χ1n) is 11.0. The van der Waals surface area contributed by atoms with Crippen molar-refractivity contribution in [3.63, 3.8) is 0 Å². The van der Waals surface area contributed by atoms with Gasteiger partial charge in [0, 0.05) is 18.5 Å². The number of carbonyl (C=O) groups is 2. The van der Waals surface area contributed by atoms with E-state index in [9.17, 15) is 18.0 Å². The minimum absolute atomic E-state index is 0.0165. The van der Waals surface area contributed by atoms with Crippen LogP contribution in [0, 0.1) is 0 Å². The third-order valence-corrected chi connectivity index (χ3v) is 6.62. The van der Waals surface area contributed by atoms with Gasteiger partial charge in [0.05, 0.1) is 17.5 Å². The zero-order valence-electron chi connectivity index (χ0n) is 19.2. The van der Waals surface area contributed by atoms with Crippen molar-refractivity contribution in [2.75, 3.05) is 13.2 Å². The van der Waals surface area contributed by atoms with E-state index in [1.54, 1.807) is 6.07 Å². The molecule has 1 atom stereocenters. The fourth-order valence-corrected chi connectivity index (χ4v) is 4.50.